The fourth-order valence-corrected chi connectivity index (χ4v) is 0.650. The highest BCUT2D eigenvalue weighted by Gasteiger charge is 2.01. The van der Waals surface area contributed by atoms with Crippen molar-refractivity contribution in [2.75, 3.05) is 0 Å². The van der Waals surface area contributed by atoms with Crippen LogP contribution in [0.2, 0.25) is 0 Å². The number of carbonyl (C=O) groups excluding carboxylic acids is 1. The maximum Gasteiger partial charge on any atom is 0.186 e. The lowest BCUT2D eigenvalue weighted by atomic mass is 10.2. The van der Waals surface area contributed by atoms with Gasteiger partial charge in [0.05, 0.1) is 0 Å². The van der Waals surface area contributed by atoms with Gasteiger partial charge >= 0.3 is 0 Å². The van der Waals surface area contributed by atoms with Crippen LogP contribution in [0.3, 0.4) is 0 Å². The number of hydrogen-bond donors (Lipinski definition) is 2. The zero-order chi connectivity index (χ0) is 7.98. The average molecular weight is 143 g/mol. The van der Waals surface area contributed by atoms with Crippen LogP contribution in [0.15, 0.2) is 4.99 Å². The van der Waals surface area contributed by atoms with Crippen LogP contribution in [0.1, 0.15) is 19.8 Å². The van der Waals surface area contributed by atoms with E-state index in [1.807, 2.05) is 6.92 Å². The maximum atomic E-state index is 10.2. The average Bonchev–Trinajstić information content (AvgIpc) is 1.86. The molecule has 0 saturated carbocycles. The Labute approximate surface area is 60.3 Å². The molecular formula is C6H13N3O. The van der Waals surface area contributed by atoms with Crippen LogP contribution in [-0.2, 0) is 4.79 Å². The van der Waals surface area contributed by atoms with Crippen LogP contribution in [0.5, 0.6) is 0 Å². The Kier molecular flexibility index (Phi) is 4.28. The Hall–Kier alpha value is -1.06. The molecule has 0 fully saturated rings. The second-order valence-electron chi connectivity index (χ2n) is 2.05. The molecule has 4 nitrogen and oxygen atoms in total. The molecule has 0 bridgehead atoms. The van der Waals surface area contributed by atoms with Gasteiger partial charge < -0.3 is 16.3 Å². The van der Waals surface area contributed by atoms with E-state index in [1.54, 1.807) is 0 Å². The van der Waals surface area contributed by atoms with E-state index in [0.717, 1.165) is 12.7 Å². The molecular weight excluding hydrogens is 130 g/mol. The number of guanidine groups is 1. The molecule has 0 radical (unpaired) electrons. The Balaban J connectivity index is 3.82. The number of nitrogens with zero attached hydrogens (tertiary/aromatic N) is 1. The van der Waals surface area contributed by atoms with E-state index in [4.69, 9.17) is 11.5 Å². The highest BCUT2D eigenvalue weighted by Crippen LogP contribution is 1.96. The molecule has 4 N–H and O–H groups in total. The molecule has 0 aromatic carbocycles. The molecule has 0 aliphatic carbocycles. The molecule has 0 rings (SSSR count). The van der Waals surface area contributed by atoms with E-state index in [2.05, 4.69) is 4.99 Å². The van der Waals surface area contributed by atoms with Gasteiger partial charge in [0.2, 0.25) is 0 Å². The van der Waals surface area contributed by atoms with Gasteiger partial charge in [0.15, 0.2) is 5.96 Å². The lowest BCUT2D eigenvalue weighted by Crippen LogP contribution is -2.25. The zero-order valence-electron chi connectivity index (χ0n) is 6.08. The van der Waals surface area contributed by atoms with Crippen molar-refractivity contribution in [1.29, 1.82) is 0 Å². The van der Waals surface area contributed by atoms with Crippen LogP contribution < -0.4 is 11.5 Å². The highest BCUT2D eigenvalue weighted by atomic mass is 16.1. The molecule has 1 atom stereocenters. The van der Waals surface area contributed by atoms with Crippen molar-refractivity contribution in [3.05, 3.63) is 0 Å². The fraction of sp³-hybridized carbons (Fsp3) is 0.667. The van der Waals surface area contributed by atoms with Gasteiger partial charge in [-0.1, -0.05) is 13.3 Å². The van der Waals surface area contributed by atoms with Crippen molar-refractivity contribution in [2.24, 2.45) is 16.5 Å². The highest BCUT2D eigenvalue weighted by molar-refractivity contribution is 5.78. The summed E-state index contributed by atoms with van der Waals surface area (Å²) in [6.45, 7) is 1.97. The zero-order valence-corrected chi connectivity index (χ0v) is 6.08. The van der Waals surface area contributed by atoms with Gasteiger partial charge in [-0.05, 0) is 6.42 Å². The monoisotopic (exact) mass is 143 g/mol. The molecule has 0 aliphatic rings. The van der Waals surface area contributed by atoms with E-state index in [0.29, 0.717) is 6.42 Å². The number of nitrogens with two attached hydrogens (primary N) is 2. The van der Waals surface area contributed by atoms with Gasteiger partial charge in [0.1, 0.15) is 12.3 Å². The summed E-state index contributed by atoms with van der Waals surface area (Å²) in [5.74, 6) is -0.0226. The first-order valence-electron chi connectivity index (χ1n) is 3.24. The quantitative estimate of drug-likeness (QED) is 0.320. The van der Waals surface area contributed by atoms with Crippen LogP contribution in [0, 0.1) is 0 Å². The number of hydrogen-bond acceptors (Lipinski definition) is 2. The lowest BCUT2D eigenvalue weighted by molar-refractivity contribution is -0.108. The number of rotatable bonds is 4. The molecule has 0 aromatic heterocycles. The third kappa shape index (κ3) is 3.88. The molecule has 4 heteroatoms. The van der Waals surface area contributed by atoms with E-state index in [1.165, 1.54) is 0 Å². The fourth-order valence-electron chi connectivity index (χ4n) is 0.650. The van der Waals surface area contributed by atoms with Gasteiger partial charge in [-0.2, -0.15) is 0 Å². The van der Waals surface area contributed by atoms with Crippen LogP contribution in [0.25, 0.3) is 0 Å². The molecule has 0 aliphatic heterocycles. The van der Waals surface area contributed by atoms with Gasteiger partial charge in [-0.3, -0.25) is 0 Å². The SMILES string of the molecule is CCCC(C=O)N=C(N)N. The first kappa shape index (κ1) is 8.94. The largest absolute Gasteiger partial charge is 0.370 e. The topological polar surface area (TPSA) is 81.5 Å². The summed E-state index contributed by atoms with van der Waals surface area (Å²) in [7, 11) is 0. The van der Waals surface area contributed by atoms with Crippen molar-refractivity contribution in [2.45, 2.75) is 25.8 Å². The Bertz CT molecular complexity index is 129. The smallest absolute Gasteiger partial charge is 0.186 e. The predicted molar refractivity (Wildman–Crippen MR) is 40.6 cm³/mol. The second kappa shape index (κ2) is 4.78. The number of carbonyl (C=O) groups is 1. The summed E-state index contributed by atoms with van der Waals surface area (Å²) in [5.41, 5.74) is 10.1. The molecule has 0 amide bonds. The standard InChI is InChI=1S/C6H13N3O/c1-2-3-5(4-10)9-6(7)8/h4-5H,2-3H2,1H3,(H4,7,8,9). The third-order valence-electron chi connectivity index (χ3n) is 1.06. The summed E-state index contributed by atoms with van der Waals surface area (Å²) in [5, 5.41) is 0. The van der Waals surface area contributed by atoms with Crippen molar-refractivity contribution < 1.29 is 4.79 Å². The molecule has 0 aromatic rings. The summed E-state index contributed by atoms with van der Waals surface area (Å²) >= 11 is 0. The Morgan fingerprint density at radius 2 is 2.30 bits per heavy atom. The van der Waals surface area contributed by atoms with Gasteiger partial charge in [-0.25, -0.2) is 4.99 Å². The van der Waals surface area contributed by atoms with Gasteiger partial charge in [-0.15, -0.1) is 0 Å². The number of aldehydes is 1. The minimum absolute atomic E-state index is 0.0226. The molecule has 1 unspecified atom stereocenters. The molecule has 58 valence electrons. The van der Waals surface area contributed by atoms with Gasteiger partial charge in [0.25, 0.3) is 0 Å². The third-order valence-corrected chi connectivity index (χ3v) is 1.06. The Morgan fingerprint density at radius 3 is 2.60 bits per heavy atom. The van der Waals surface area contributed by atoms with Crippen LogP contribution in [-0.4, -0.2) is 18.3 Å². The van der Waals surface area contributed by atoms with Crippen molar-refractivity contribution in [3.63, 3.8) is 0 Å². The maximum absolute atomic E-state index is 10.2. The predicted octanol–water partition coefficient (Wildman–Crippen LogP) is -0.373. The molecule has 0 heterocycles. The van der Waals surface area contributed by atoms with Crippen molar-refractivity contribution in [3.8, 4) is 0 Å². The lowest BCUT2D eigenvalue weighted by Gasteiger charge is -2.01. The first-order valence-corrected chi connectivity index (χ1v) is 3.24. The molecule has 0 saturated heterocycles. The van der Waals surface area contributed by atoms with Gasteiger partial charge in [0, 0.05) is 0 Å². The van der Waals surface area contributed by atoms with Crippen molar-refractivity contribution in [1.82, 2.24) is 0 Å². The minimum Gasteiger partial charge on any atom is -0.370 e. The molecule has 10 heavy (non-hydrogen) atoms. The van der Waals surface area contributed by atoms with E-state index in [9.17, 15) is 4.79 Å². The second-order valence-corrected chi connectivity index (χ2v) is 2.05. The minimum atomic E-state index is -0.352. The van der Waals surface area contributed by atoms with Crippen LogP contribution in [0.4, 0.5) is 0 Å². The van der Waals surface area contributed by atoms with Crippen LogP contribution >= 0.6 is 0 Å². The first-order chi connectivity index (χ1) is 4.70. The summed E-state index contributed by atoms with van der Waals surface area (Å²) in [6, 6.07) is -0.352. The number of aliphatic imine (C=N–C) groups is 1. The van der Waals surface area contributed by atoms with E-state index < -0.39 is 0 Å². The summed E-state index contributed by atoms with van der Waals surface area (Å²) in [6.07, 6.45) is 2.37. The molecule has 0 spiro atoms. The van der Waals surface area contributed by atoms with E-state index in [-0.39, 0.29) is 12.0 Å². The summed E-state index contributed by atoms with van der Waals surface area (Å²) in [4.78, 5) is 13.9. The Morgan fingerprint density at radius 1 is 1.70 bits per heavy atom. The normalized spacial score (nSPS) is 12.1. The van der Waals surface area contributed by atoms with E-state index >= 15 is 0 Å². The summed E-state index contributed by atoms with van der Waals surface area (Å²) < 4.78 is 0. The van der Waals surface area contributed by atoms with Crippen molar-refractivity contribution >= 4 is 12.2 Å².